The molecule has 0 radical (unpaired) electrons. The van der Waals surface area contributed by atoms with Crippen molar-refractivity contribution in [2.45, 2.75) is 19.3 Å². The number of nitrogens with one attached hydrogen (secondary N) is 2. The minimum Gasteiger partial charge on any atom is -0.347 e. The first-order valence-corrected chi connectivity index (χ1v) is 9.86. The van der Waals surface area contributed by atoms with E-state index in [1.807, 2.05) is 0 Å². The largest absolute Gasteiger partial charge is 0.347 e. The third-order valence-corrected chi connectivity index (χ3v) is 5.04. The van der Waals surface area contributed by atoms with Crippen molar-refractivity contribution in [1.82, 2.24) is 10.2 Å². The number of benzene rings is 2. The summed E-state index contributed by atoms with van der Waals surface area (Å²) in [7, 11) is 0. The highest BCUT2D eigenvalue weighted by molar-refractivity contribution is 5.94. The molecule has 3 rings (SSSR count). The minimum absolute atomic E-state index is 0.0772. The molecule has 0 aliphatic carbocycles. The predicted molar refractivity (Wildman–Crippen MR) is 107 cm³/mol. The number of piperidine rings is 1. The smallest absolute Gasteiger partial charge is 0.243 e. The zero-order valence-electron chi connectivity index (χ0n) is 16.7. The van der Waals surface area contributed by atoms with Crippen molar-refractivity contribution >= 4 is 23.4 Å². The zero-order valence-corrected chi connectivity index (χ0v) is 16.7. The Balaban J connectivity index is 1.47. The molecule has 0 spiro atoms. The molecule has 31 heavy (non-hydrogen) atoms. The molecular formula is C22H22F3N3O3. The predicted octanol–water partition coefficient (Wildman–Crippen LogP) is 2.64. The van der Waals surface area contributed by atoms with Gasteiger partial charge in [0.05, 0.1) is 18.9 Å². The molecule has 2 aromatic carbocycles. The van der Waals surface area contributed by atoms with E-state index in [-0.39, 0.29) is 42.8 Å². The normalized spacial score (nSPS) is 16.0. The van der Waals surface area contributed by atoms with Gasteiger partial charge in [0, 0.05) is 24.8 Å². The Labute approximate surface area is 177 Å². The summed E-state index contributed by atoms with van der Waals surface area (Å²) in [4.78, 5) is 38.5. The van der Waals surface area contributed by atoms with Crippen molar-refractivity contribution in [2.24, 2.45) is 5.92 Å². The Morgan fingerprint density at radius 3 is 2.45 bits per heavy atom. The molecule has 6 nitrogen and oxygen atoms in total. The monoisotopic (exact) mass is 433 g/mol. The molecule has 1 saturated heterocycles. The highest BCUT2D eigenvalue weighted by Gasteiger charge is 2.28. The van der Waals surface area contributed by atoms with Crippen molar-refractivity contribution in [2.75, 3.05) is 25.0 Å². The lowest BCUT2D eigenvalue weighted by atomic mass is 9.96. The molecule has 3 amide bonds. The maximum Gasteiger partial charge on any atom is 0.243 e. The number of anilines is 1. The summed E-state index contributed by atoms with van der Waals surface area (Å²) in [6.07, 6.45) is 1.34. The summed E-state index contributed by atoms with van der Waals surface area (Å²) in [5, 5.41) is 4.89. The standard InChI is InChI=1S/C22H22F3N3O3/c23-16-5-3-14(4-6-16)10-21(30)28-9-1-2-15(13-28)22(31)26-12-20(29)27-17-7-8-18(24)19(25)11-17/h3-8,11,15H,1-2,9-10,12-13H2,(H,26,31)(H,27,29). The van der Waals surface area contributed by atoms with Crippen molar-refractivity contribution in [3.63, 3.8) is 0 Å². The molecule has 1 aliphatic rings. The highest BCUT2D eigenvalue weighted by Crippen LogP contribution is 2.18. The molecule has 1 aliphatic heterocycles. The van der Waals surface area contributed by atoms with Gasteiger partial charge in [-0.2, -0.15) is 0 Å². The Hall–Kier alpha value is -3.36. The molecule has 0 saturated carbocycles. The number of hydrogen-bond donors (Lipinski definition) is 2. The molecule has 2 N–H and O–H groups in total. The van der Waals surface area contributed by atoms with Gasteiger partial charge < -0.3 is 15.5 Å². The lowest BCUT2D eigenvalue weighted by molar-refractivity contribution is -0.135. The fraction of sp³-hybridized carbons (Fsp3) is 0.318. The second-order valence-corrected chi connectivity index (χ2v) is 7.38. The Bertz CT molecular complexity index is 966. The van der Waals surface area contributed by atoms with Gasteiger partial charge in [-0.3, -0.25) is 14.4 Å². The molecule has 0 aromatic heterocycles. The number of carbonyl (C=O) groups is 3. The summed E-state index contributed by atoms with van der Waals surface area (Å²) in [5.41, 5.74) is 0.764. The van der Waals surface area contributed by atoms with E-state index in [1.54, 1.807) is 17.0 Å². The first-order valence-electron chi connectivity index (χ1n) is 9.86. The van der Waals surface area contributed by atoms with Gasteiger partial charge in [-0.05, 0) is 42.7 Å². The van der Waals surface area contributed by atoms with E-state index >= 15 is 0 Å². The van der Waals surface area contributed by atoms with E-state index in [9.17, 15) is 27.6 Å². The van der Waals surface area contributed by atoms with Crippen molar-refractivity contribution in [1.29, 1.82) is 0 Å². The number of hydrogen-bond acceptors (Lipinski definition) is 3. The highest BCUT2D eigenvalue weighted by atomic mass is 19.2. The van der Waals surface area contributed by atoms with Crippen molar-refractivity contribution < 1.29 is 27.6 Å². The molecule has 2 aromatic rings. The fourth-order valence-corrected chi connectivity index (χ4v) is 3.40. The number of carbonyl (C=O) groups excluding carboxylic acids is 3. The molecular weight excluding hydrogens is 411 g/mol. The minimum atomic E-state index is -1.09. The number of nitrogens with zero attached hydrogens (tertiary/aromatic N) is 1. The molecule has 164 valence electrons. The van der Waals surface area contributed by atoms with Gasteiger partial charge in [-0.15, -0.1) is 0 Å². The molecule has 1 unspecified atom stereocenters. The molecule has 1 heterocycles. The van der Waals surface area contributed by atoms with Crippen molar-refractivity contribution in [3.05, 3.63) is 65.5 Å². The van der Waals surface area contributed by atoms with Gasteiger partial charge in [-0.1, -0.05) is 12.1 Å². The average Bonchev–Trinajstić information content (AvgIpc) is 2.76. The van der Waals surface area contributed by atoms with Crippen LogP contribution in [0.3, 0.4) is 0 Å². The van der Waals surface area contributed by atoms with Gasteiger partial charge in [-0.25, -0.2) is 13.2 Å². The fourth-order valence-electron chi connectivity index (χ4n) is 3.40. The molecule has 1 atom stereocenters. The summed E-state index contributed by atoms with van der Waals surface area (Å²) in [6, 6.07) is 8.63. The van der Waals surface area contributed by atoms with Crippen LogP contribution < -0.4 is 10.6 Å². The zero-order chi connectivity index (χ0) is 22.4. The van der Waals surface area contributed by atoms with E-state index in [1.165, 1.54) is 18.2 Å². The Morgan fingerprint density at radius 1 is 1.00 bits per heavy atom. The average molecular weight is 433 g/mol. The second kappa shape index (κ2) is 10.1. The number of halogens is 3. The first-order chi connectivity index (χ1) is 14.8. The van der Waals surface area contributed by atoms with Crippen LogP contribution in [0.2, 0.25) is 0 Å². The topological polar surface area (TPSA) is 78.5 Å². The first kappa shape index (κ1) is 22.3. The van der Waals surface area contributed by atoms with E-state index in [0.29, 0.717) is 24.9 Å². The molecule has 9 heteroatoms. The van der Waals surface area contributed by atoms with Crippen LogP contribution in [0.5, 0.6) is 0 Å². The summed E-state index contributed by atoms with van der Waals surface area (Å²) >= 11 is 0. The molecule has 1 fully saturated rings. The van der Waals surface area contributed by atoms with Gasteiger partial charge in [0.25, 0.3) is 0 Å². The number of likely N-dealkylation sites (tertiary alicyclic amines) is 1. The maximum absolute atomic E-state index is 13.2. The molecule has 0 bridgehead atoms. The van der Waals surface area contributed by atoms with Crippen LogP contribution in [0, 0.1) is 23.4 Å². The third-order valence-electron chi connectivity index (χ3n) is 5.04. The lowest BCUT2D eigenvalue weighted by Crippen LogP contribution is -2.47. The maximum atomic E-state index is 13.2. The van der Waals surface area contributed by atoms with Crippen LogP contribution in [-0.4, -0.2) is 42.3 Å². The quantitative estimate of drug-likeness (QED) is 0.735. The third kappa shape index (κ3) is 6.31. The second-order valence-electron chi connectivity index (χ2n) is 7.38. The van der Waals surface area contributed by atoms with Gasteiger partial charge in [0.1, 0.15) is 5.82 Å². The van der Waals surface area contributed by atoms with Crippen LogP contribution >= 0.6 is 0 Å². The Morgan fingerprint density at radius 2 is 1.74 bits per heavy atom. The summed E-state index contributed by atoms with van der Waals surface area (Å²) < 4.78 is 39.1. The summed E-state index contributed by atoms with van der Waals surface area (Å²) in [5.74, 6) is -4.04. The van der Waals surface area contributed by atoms with Gasteiger partial charge in [0.2, 0.25) is 17.7 Å². The Kier molecular flexibility index (Phi) is 7.28. The van der Waals surface area contributed by atoms with Crippen LogP contribution in [0.1, 0.15) is 18.4 Å². The van der Waals surface area contributed by atoms with Crippen LogP contribution in [0.15, 0.2) is 42.5 Å². The van der Waals surface area contributed by atoms with Crippen LogP contribution in [-0.2, 0) is 20.8 Å². The number of amides is 3. The summed E-state index contributed by atoms with van der Waals surface area (Å²) in [6.45, 7) is 0.426. The number of rotatable bonds is 6. The van der Waals surface area contributed by atoms with Gasteiger partial charge in [0.15, 0.2) is 11.6 Å². The van der Waals surface area contributed by atoms with E-state index in [4.69, 9.17) is 0 Å². The van der Waals surface area contributed by atoms with E-state index in [0.717, 1.165) is 12.1 Å². The SMILES string of the molecule is O=C(CNC(=O)C1CCCN(C(=O)Cc2ccc(F)cc2)C1)Nc1ccc(F)c(F)c1. The van der Waals surface area contributed by atoms with E-state index < -0.39 is 23.5 Å². The van der Waals surface area contributed by atoms with Crippen molar-refractivity contribution in [3.8, 4) is 0 Å². The van der Waals surface area contributed by atoms with Crippen LogP contribution in [0.25, 0.3) is 0 Å². The van der Waals surface area contributed by atoms with Gasteiger partial charge >= 0.3 is 0 Å². The van der Waals surface area contributed by atoms with Crippen LogP contribution in [0.4, 0.5) is 18.9 Å². The van der Waals surface area contributed by atoms with E-state index in [2.05, 4.69) is 10.6 Å². The lowest BCUT2D eigenvalue weighted by Gasteiger charge is -2.32.